The van der Waals surface area contributed by atoms with Crippen molar-refractivity contribution in [2.45, 2.75) is 32.9 Å². The van der Waals surface area contributed by atoms with E-state index in [0.717, 1.165) is 22.2 Å². The van der Waals surface area contributed by atoms with Crippen LogP contribution in [-0.2, 0) is 9.47 Å². The molecule has 0 saturated carbocycles. The molecule has 122 valence electrons. The zero-order valence-corrected chi connectivity index (χ0v) is 13.8. The molecule has 1 saturated heterocycles. The van der Waals surface area contributed by atoms with Crippen LogP contribution in [0, 0.1) is 13.8 Å². The summed E-state index contributed by atoms with van der Waals surface area (Å²) in [6.07, 6.45) is -0.0834. The topological polar surface area (TPSA) is 60.5 Å². The second-order valence-electron chi connectivity index (χ2n) is 5.94. The minimum absolute atomic E-state index is 0.0834. The van der Waals surface area contributed by atoms with Gasteiger partial charge in [-0.1, -0.05) is 11.6 Å². The highest BCUT2D eigenvalue weighted by Crippen LogP contribution is 2.21. The lowest BCUT2D eigenvalue weighted by Gasteiger charge is -2.19. The predicted molar refractivity (Wildman–Crippen MR) is 88.7 cm³/mol. The van der Waals surface area contributed by atoms with Crippen LogP contribution < -0.4 is 5.32 Å². The van der Waals surface area contributed by atoms with Crippen molar-refractivity contribution in [3.63, 3.8) is 0 Å². The standard InChI is InChI=1S/C18H22N2O3/c1-4-23-17-10-22-9-16(17)20-18(21)14-8-12(3)19-15-6-5-11(2)7-13(14)15/h5-8,16-17H,4,9-10H2,1-3H3,(H,20,21)/t16-,17-/m1/s1. The van der Waals surface area contributed by atoms with Crippen molar-refractivity contribution in [1.29, 1.82) is 0 Å². The first-order valence-corrected chi connectivity index (χ1v) is 7.96. The molecule has 1 aromatic heterocycles. The van der Waals surface area contributed by atoms with Crippen molar-refractivity contribution in [2.24, 2.45) is 0 Å². The van der Waals surface area contributed by atoms with Crippen LogP contribution >= 0.6 is 0 Å². The highest BCUT2D eigenvalue weighted by Gasteiger charge is 2.30. The molecule has 1 N–H and O–H groups in total. The number of hydrogen-bond acceptors (Lipinski definition) is 4. The van der Waals surface area contributed by atoms with E-state index in [2.05, 4.69) is 10.3 Å². The van der Waals surface area contributed by atoms with Crippen molar-refractivity contribution in [3.8, 4) is 0 Å². The number of benzene rings is 1. The average Bonchev–Trinajstić information content (AvgIpc) is 2.94. The second kappa shape index (κ2) is 6.64. The number of carbonyl (C=O) groups is 1. The molecule has 5 nitrogen and oxygen atoms in total. The molecule has 23 heavy (non-hydrogen) atoms. The lowest BCUT2D eigenvalue weighted by atomic mass is 10.0. The van der Waals surface area contributed by atoms with Gasteiger partial charge in [0.05, 0.1) is 30.3 Å². The summed E-state index contributed by atoms with van der Waals surface area (Å²) in [4.78, 5) is 17.3. The zero-order valence-electron chi connectivity index (χ0n) is 13.8. The number of aryl methyl sites for hydroxylation is 2. The fraction of sp³-hybridized carbons (Fsp3) is 0.444. The van der Waals surface area contributed by atoms with E-state index in [1.54, 1.807) is 0 Å². The Labute approximate surface area is 136 Å². The van der Waals surface area contributed by atoms with E-state index in [1.807, 2.05) is 45.0 Å². The minimum Gasteiger partial charge on any atom is -0.376 e. The van der Waals surface area contributed by atoms with Gasteiger partial charge in [-0.25, -0.2) is 0 Å². The van der Waals surface area contributed by atoms with Gasteiger partial charge < -0.3 is 14.8 Å². The second-order valence-corrected chi connectivity index (χ2v) is 5.94. The van der Waals surface area contributed by atoms with E-state index < -0.39 is 0 Å². The van der Waals surface area contributed by atoms with Gasteiger partial charge >= 0.3 is 0 Å². The smallest absolute Gasteiger partial charge is 0.252 e. The maximum absolute atomic E-state index is 12.8. The molecule has 5 heteroatoms. The van der Waals surface area contributed by atoms with E-state index in [4.69, 9.17) is 9.47 Å². The lowest BCUT2D eigenvalue weighted by molar-refractivity contribution is 0.0402. The van der Waals surface area contributed by atoms with Crippen LogP contribution in [0.5, 0.6) is 0 Å². The van der Waals surface area contributed by atoms with Gasteiger partial charge in [0.2, 0.25) is 0 Å². The Morgan fingerprint density at radius 1 is 1.35 bits per heavy atom. The Kier molecular flexibility index (Phi) is 4.59. The Balaban J connectivity index is 1.90. The highest BCUT2D eigenvalue weighted by atomic mass is 16.5. The van der Waals surface area contributed by atoms with E-state index in [9.17, 15) is 4.79 Å². The monoisotopic (exact) mass is 314 g/mol. The van der Waals surface area contributed by atoms with Gasteiger partial charge in [-0.2, -0.15) is 0 Å². The number of aromatic nitrogens is 1. The number of nitrogens with zero attached hydrogens (tertiary/aromatic N) is 1. The molecule has 1 fully saturated rings. The molecule has 2 atom stereocenters. The molecular formula is C18H22N2O3. The first kappa shape index (κ1) is 15.9. The third kappa shape index (κ3) is 3.35. The third-order valence-electron chi connectivity index (χ3n) is 4.06. The van der Waals surface area contributed by atoms with Crippen LogP contribution in [0.25, 0.3) is 10.9 Å². The van der Waals surface area contributed by atoms with Crippen LogP contribution in [-0.4, -0.2) is 42.9 Å². The SMILES string of the molecule is CCO[C@@H]1COC[C@H]1NC(=O)c1cc(C)nc2ccc(C)cc12. The largest absolute Gasteiger partial charge is 0.376 e. The van der Waals surface area contributed by atoms with Gasteiger partial charge in [-0.15, -0.1) is 0 Å². The van der Waals surface area contributed by atoms with E-state index in [0.29, 0.717) is 25.4 Å². The maximum atomic E-state index is 12.8. The summed E-state index contributed by atoms with van der Waals surface area (Å²) in [5.41, 5.74) is 3.42. The van der Waals surface area contributed by atoms with Crippen LogP contribution in [0.4, 0.5) is 0 Å². The van der Waals surface area contributed by atoms with E-state index in [1.165, 1.54) is 0 Å². The number of carbonyl (C=O) groups excluding carboxylic acids is 1. The predicted octanol–water partition coefficient (Wildman–Crippen LogP) is 2.39. The maximum Gasteiger partial charge on any atom is 0.252 e. The highest BCUT2D eigenvalue weighted by molar-refractivity contribution is 6.06. The Morgan fingerprint density at radius 2 is 2.17 bits per heavy atom. The molecule has 0 radical (unpaired) electrons. The van der Waals surface area contributed by atoms with Crippen LogP contribution in [0.2, 0.25) is 0 Å². The van der Waals surface area contributed by atoms with Crippen molar-refractivity contribution >= 4 is 16.8 Å². The van der Waals surface area contributed by atoms with Crippen LogP contribution in [0.1, 0.15) is 28.5 Å². The molecule has 0 aliphatic carbocycles. The average molecular weight is 314 g/mol. The number of ether oxygens (including phenoxy) is 2. The summed E-state index contributed by atoms with van der Waals surface area (Å²) in [7, 11) is 0. The van der Waals surface area contributed by atoms with Gasteiger partial charge in [0.1, 0.15) is 6.10 Å². The van der Waals surface area contributed by atoms with Gasteiger partial charge in [0.15, 0.2) is 0 Å². The molecule has 2 aromatic rings. The molecule has 1 aliphatic heterocycles. The molecular weight excluding hydrogens is 292 g/mol. The summed E-state index contributed by atoms with van der Waals surface area (Å²) in [5, 5.41) is 3.93. The molecule has 1 aromatic carbocycles. The summed E-state index contributed by atoms with van der Waals surface area (Å²) in [6, 6.07) is 7.68. The summed E-state index contributed by atoms with van der Waals surface area (Å²) in [6.45, 7) is 7.47. The van der Waals surface area contributed by atoms with Crippen molar-refractivity contribution in [1.82, 2.24) is 10.3 Å². The Hall–Kier alpha value is -1.98. The molecule has 0 spiro atoms. The van der Waals surface area contributed by atoms with Gasteiger partial charge in [-0.3, -0.25) is 9.78 Å². The first-order valence-electron chi connectivity index (χ1n) is 7.96. The minimum atomic E-state index is -0.115. The quantitative estimate of drug-likeness (QED) is 0.941. The summed E-state index contributed by atoms with van der Waals surface area (Å²) in [5.74, 6) is -0.105. The summed E-state index contributed by atoms with van der Waals surface area (Å²) >= 11 is 0. The summed E-state index contributed by atoms with van der Waals surface area (Å²) < 4.78 is 11.1. The van der Waals surface area contributed by atoms with Crippen LogP contribution in [0.3, 0.4) is 0 Å². The molecule has 2 heterocycles. The van der Waals surface area contributed by atoms with Gasteiger partial charge in [0, 0.05) is 17.7 Å². The molecule has 1 aliphatic rings. The molecule has 1 amide bonds. The van der Waals surface area contributed by atoms with Crippen molar-refractivity contribution < 1.29 is 14.3 Å². The Bertz CT molecular complexity index is 730. The number of rotatable bonds is 4. The zero-order chi connectivity index (χ0) is 16.4. The number of hydrogen-bond donors (Lipinski definition) is 1. The molecule has 3 rings (SSSR count). The first-order chi connectivity index (χ1) is 11.1. The number of pyridine rings is 1. The molecule has 0 bridgehead atoms. The van der Waals surface area contributed by atoms with Gasteiger partial charge in [-0.05, 0) is 39.0 Å². The number of nitrogens with one attached hydrogen (secondary N) is 1. The van der Waals surface area contributed by atoms with E-state index >= 15 is 0 Å². The normalized spacial score (nSPS) is 20.8. The number of amides is 1. The van der Waals surface area contributed by atoms with Gasteiger partial charge in [0.25, 0.3) is 5.91 Å². The lowest BCUT2D eigenvalue weighted by Crippen LogP contribution is -2.43. The number of fused-ring (bicyclic) bond motifs is 1. The van der Waals surface area contributed by atoms with Crippen molar-refractivity contribution in [3.05, 3.63) is 41.1 Å². The third-order valence-corrected chi connectivity index (χ3v) is 4.06. The van der Waals surface area contributed by atoms with E-state index in [-0.39, 0.29) is 18.1 Å². The fourth-order valence-electron chi connectivity index (χ4n) is 2.95. The Morgan fingerprint density at radius 3 is 2.96 bits per heavy atom. The molecule has 0 unspecified atom stereocenters. The fourth-order valence-corrected chi connectivity index (χ4v) is 2.95. The van der Waals surface area contributed by atoms with Crippen molar-refractivity contribution in [2.75, 3.05) is 19.8 Å². The van der Waals surface area contributed by atoms with Crippen LogP contribution in [0.15, 0.2) is 24.3 Å².